The zero-order valence-corrected chi connectivity index (χ0v) is 16.6. The highest BCUT2D eigenvalue weighted by Crippen LogP contribution is 2.25. The molecule has 156 valence electrons. The highest BCUT2D eigenvalue weighted by Gasteiger charge is 2.31. The number of carbonyl (C=O) groups excluding carboxylic acids is 1. The second-order valence-corrected chi connectivity index (χ2v) is 7.90. The maximum absolute atomic E-state index is 13.4. The first-order valence-corrected chi connectivity index (χ1v) is 10.2. The first-order valence-electron chi connectivity index (χ1n) is 10.2. The third kappa shape index (κ3) is 5.96. The Kier molecular flexibility index (Phi) is 7.76. The van der Waals surface area contributed by atoms with Crippen LogP contribution in [-0.4, -0.2) is 68.2 Å². The number of hydrogen-bond donors (Lipinski definition) is 1. The van der Waals surface area contributed by atoms with Gasteiger partial charge in [-0.2, -0.15) is 0 Å². The van der Waals surface area contributed by atoms with E-state index < -0.39 is 11.6 Å². The molecule has 3 rings (SSSR count). The van der Waals surface area contributed by atoms with Crippen molar-refractivity contribution in [2.75, 3.05) is 46.4 Å². The van der Waals surface area contributed by atoms with Gasteiger partial charge < -0.3 is 10.1 Å². The van der Waals surface area contributed by atoms with E-state index in [1.54, 1.807) is 7.11 Å². The van der Waals surface area contributed by atoms with Gasteiger partial charge in [0.1, 0.15) is 11.6 Å². The van der Waals surface area contributed by atoms with Crippen LogP contribution in [0.15, 0.2) is 18.2 Å². The third-order valence-electron chi connectivity index (χ3n) is 5.83. The summed E-state index contributed by atoms with van der Waals surface area (Å²) in [6, 6.07) is 4.21. The van der Waals surface area contributed by atoms with Crippen LogP contribution in [0.2, 0.25) is 0 Å². The lowest BCUT2D eigenvalue weighted by Crippen LogP contribution is -2.50. The lowest BCUT2D eigenvalue weighted by Gasteiger charge is -2.42. The highest BCUT2D eigenvalue weighted by atomic mass is 19.1. The summed E-state index contributed by atoms with van der Waals surface area (Å²) in [5.74, 6) is -0.854. The summed E-state index contributed by atoms with van der Waals surface area (Å²) in [6.45, 7) is 5.35. The Balaban J connectivity index is 1.45. The first kappa shape index (κ1) is 21.1. The number of halogens is 2. The fraction of sp³-hybridized carbons (Fsp3) is 0.667. The van der Waals surface area contributed by atoms with Crippen molar-refractivity contribution in [2.24, 2.45) is 5.92 Å². The number of piperidine rings is 2. The van der Waals surface area contributed by atoms with Crippen molar-refractivity contribution < 1.29 is 18.3 Å². The Hall–Kier alpha value is -1.57. The normalized spacial score (nSPS) is 22.3. The fourth-order valence-corrected chi connectivity index (χ4v) is 4.38. The summed E-state index contributed by atoms with van der Waals surface area (Å²) < 4.78 is 31.8. The predicted octanol–water partition coefficient (Wildman–Crippen LogP) is 2.40. The molecule has 0 spiro atoms. The summed E-state index contributed by atoms with van der Waals surface area (Å²) >= 11 is 0. The van der Waals surface area contributed by atoms with Crippen molar-refractivity contribution in [2.45, 2.75) is 38.3 Å². The van der Waals surface area contributed by atoms with Crippen molar-refractivity contribution in [3.63, 3.8) is 0 Å². The molecular formula is C21H31F2N3O2. The molecule has 1 aromatic carbocycles. The molecule has 28 heavy (non-hydrogen) atoms. The van der Waals surface area contributed by atoms with Gasteiger partial charge in [0, 0.05) is 38.9 Å². The number of benzene rings is 1. The molecule has 0 saturated carbocycles. The third-order valence-corrected chi connectivity index (χ3v) is 5.83. The number of likely N-dealkylation sites (tertiary alicyclic amines) is 2. The molecule has 2 fully saturated rings. The largest absolute Gasteiger partial charge is 0.383 e. The Morgan fingerprint density at radius 2 is 1.86 bits per heavy atom. The predicted molar refractivity (Wildman–Crippen MR) is 104 cm³/mol. The van der Waals surface area contributed by atoms with Crippen molar-refractivity contribution in [3.05, 3.63) is 35.4 Å². The van der Waals surface area contributed by atoms with E-state index in [1.807, 2.05) is 0 Å². The summed E-state index contributed by atoms with van der Waals surface area (Å²) in [7, 11) is 1.63. The van der Waals surface area contributed by atoms with Gasteiger partial charge in [-0.15, -0.1) is 0 Å². The van der Waals surface area contributed by atoms with Gasteiger partial charge in [0.25, 0.3) is 0 Å². The van der Waals surface area contributed by atoms with Gasteiger partial charge in [0.2, 0.25) is 5.91 Å². The van der Waals surface area contributed by atoms with E-state index in [-0.39, 0.29) is 11.8 Å². The summed E-state index contributed by atoms with van der Waals surface area (Å²) in [5, 5.41) is 2.96. The van der Waals surface area contributed by atoms with Crippen LogP contribution in [0.5, 0.6) is 0 Å². The lowest BCUT2D eigenvalue weighted by molar-refractivity contribution is -0.127. The lowest BCUT2D eigenvalue weighted by atomic mass is 9.93. The maximum atomic E-state index is 13.4. The summed E-state index contributed by atoms with van der Waals surface area (Å²) in [4.78, 5) is 17.1. The number of nitrogens with zero attached hydrogens (tertiary/aromatic N) is 2. The molecule has 2 aliphatic heterocycles. The Bertz CT molecular complexity index is 630. The van der Waals surface area contributed by atoms with Crippen LogP contribution in [0.4, 0.5) is 8.78 Å². The van der Waals surface area contributed by atoms with Gasteiger partial charge in [-0.25, -0.2) is 8.78 Å². The number of ether oxygens (including phenoxy) is 1. The van der Waals surface area contributed by atoms with Crippen molar-refractivity contribution in [1.29, 1.82) is 0 Å². The Labute approximate surface area is 166 Å². The van der Waals surface area contributed by atoms with Crippen LogP contribution < -0.4 is 5.32 Å². The molecule has 5 nitrogen and oxygen atoms in total. The molecule has 2 aliphatic rings. The fourth-order valence-electron chi connectivity index (χ4n) is 4.38. The molecule has 1 atom stereocenters. The SMILES string of the molecule is COCCNC(=O)[C@H]1CCCN(C2CCN(Cc3cc(F)cc(F)c3)CC2)C1. The summed E-state index contributed by atoms with van der Waals surface area (Å²) in [5.41, 5.74) is 0.682. The van der Waals surface area contributed by atoms with Gasteiger partial charge >= 0.3 is 0 Å². The number of nitrogens with one attached hydrogen (secondary N) is 1. The molecule has 0 unspecified atom stereocenters. The minimum absolute atomic E-state index is 0.0545. The van der Waals surface area contributed by atoms with Crippen LogP contribution in [0.3, 0.4) is 0 Å². The summed E-state index contributed by atoms with van der Waals surface area (Å²) in [6.07, 6.45) is 4.04. The molecule has 1 aromatic rings. The van der Waals surface area contributed by atoms with E-state index in [9.17, 15) is 13.6 Å². The smallest absolute Gasteiger partial charge is 0.224 e. The second-order valence-electron chi connectivity index (χ2n) is 7.90. The van der Waals surface area contributed by atoms with E-state index in [2.05, 4.69) is 15.1 Å². The maximum Gasteiger partial charge on any atom is 0.224 e. The minimum atomic E-state index is -0.520. The molecule has 1 N–H and O–H groups in total. The van der Waals surface area contributed by atoms with Crippen LogP contribution >= 0.6 is 0 Å². The van der Waals surface area contributed by atoms with E-state index in [1.165, 1.54) is 12.1 Å². The van der Waals surface area contributed by atoms with E-state index in [0.29, 0.717) is 31.3 Å². The zero-order chi connectivity index (χ0) is 19.9. The van der Waals surface area contributed by atoms with E-state index in [0.717, 1.165) is 57.9 Å². The Morgan fingerprint density at radius 3 is 2.54 bits per heavy atom. The molecule has 0 radical (unpaired) electrons. The van der Waals surface area contributed by atoms with Gasteiger partial charge in [-0.05, 0) is 63.0 Å². The van der Waals surface area contributed by atoms with Crippen LogP contribution in [-0.2, 0) is 16.1 Å². The molecule has 0 aliphatic carbocycles. The topological polar surface area (TPSA) is 44.8 Å². The van der Waals surface area contributed by atoms with Crippen molar-refractivity contribution >= 4 is 5.91 Å². The monoisotopic (exact) mass is 395 g/mol. The first-order chi connectivity index (χ1) is 13.5. The number of hydrogen-bond acceptors (Lipinski definition) is 4. The molecule has 1 amide bonds. The van der Waals surface area contributed by atoms with Crippen LogP contribution in [0.1, 0.15) is 31.2 Å². The quantitative estimate of drug-likeness (QED) is 0.720. The second kappa shape index (κ2) is 10.3. The zero-order valence-electron chi connectivity index (χ0n) is 16.6. The molecule has 2 saturated heterocycles. The molecule has 0 aromatic heterocycles. The van der Waals surface area contributed by atoms with Gasteiger partial charge in [0.05, 0.1) is 12.5 Å². The number of amides is 1. The van der Waals surface area contributed by atoms with Gasteiger partial charge in [-0.1, -0.05) is 0 Å². The van der Waals surface area contributed by atoms with Crippen molar-refractivity contribution in [3.8, 4) is 0 Å². The molecule has 7 heteroatoms. The Morgan fingerprint density at radius 1 is 1.14 bits per heavy atom. The number of carbonyl (C=O) groups is 1. The molecule has 0 bridgehead atoms. The van der Waals surface area contributed by atoms with Gasteiger partial charge in [0.15, 0.2) is 0 Å². The molecule has 2 heterocycles. The van der Waals surface area contributed by atoms with Crippen LogP contribution in [0, 0.1) is 17.6 Å². The van der Waals surface area contributed by atoms with E-state index in [4.69, 9.17) is 4.74 Å². The van der Waals surface area contributed by atoms with Crippen LogP contribution in [0.25, 0.3) is 0 Å². The average molecular weight is 395 g/mol. The number of rotatable bonds is 7. The molecular weight excluding hydrogens is 364 g/mol. The standard InChI is InChI=1S/C21H31F2N3O2/c1-28-10-6-24-21(27)17-3-2-7-26(15-17)20-4-8-25(9-5-20)14-16-11-18(22)13-19(23)12-16/h11-13,17,20H,2-10,14-15H2,1H3,(H,24,27)/t17-/m0/s1. The number of methoxy groups -OCH3 is 1. The van der Waals surface area contributed by atoms with Crippen molar-refractivity contribution in [1.82, 2.24) is 15.1 Å². The minimum Gasteiger partial charge on any atom is -0.383 e. The van der Waals surface area contributed by atoms with Gasteiger partial charge in [-0.3, -0.25) is 14.6 Å². The highest BCUT2D eigenvalue weighted by molar-refractivity contribution is 5.78. The average Bonchev–Trinajstić information content (AvgIpc) is 2.68. The van der Waals surface area contributed by atoms with E-state index >= 15 is 0 Å².